The van der Waals surface area contributed by atoms with Crippen molar-refractivity contribution >= 4 is 17.5 Å². The third-order valence-electron chi connectivity index (χ3n) is 6.95. The Balaban J connectivity index is 1.21. The van der Waals surface area contributed by atoms with Crippen LogP contribution in [0.3, 0.4) is 0 Å². The quantitative estimate of drug-likeness (QED) is 0.723. The van der Waals surface area contributed by atoms with Crippen LogP contribution in [-0.4, -0.2) is 90.3 Å². The van der Waals surface area contributed by atoms with Crippen LogP contribution in [0.25, 0.3) is 0 Å². The number of alkyl halides is 2. The highest BCUT2D eigenvalue weighted by Crippen LogP contribution is 2.38. The number of hydrogen-bond donors (Lipinski definition) is 0. The Morgan fingerprint density at radius 2 is 1.61 bits per heavy atom. The fraction of sp³-hybridized carbons (Fsp3) is 0.636. The van der Waals surface area contributed by atoms with Gasteiger partial charge in [0.25, 0.3) is 5.92 Å². The Hall–Kier alpha value is -2.29. The van der Waals surface area contributed by atoms with Crippen molar-refractivity contribution < 1.29 is 22.8 Å². The van der Waals surface area contributed by atoms with Crippen molar-refractivity contribution in [1.82, 2.24) is 14.7 Å². The molecular formula is C22H27F3N4O2. The summed E-state index contributed by atoms with van der Waals surface area (Å²) in [5.74, 6) is -3.26. The van der Waals surface area contributed by atoms with Crippen LogP contribution < -0.4 is 4.90 Å². The Morgan fingerprint density at radius 3 is 2.26 bits per heavy atom. The van der Waals surface area contributed by atoms with Gasteiger partial charge >= 0.3 is 0 Å². The van der Waals surface area contributed by atoms with E-state index in [4.69, 9.17) is 0 Å². The summed E-state index contributed by atoms with van der Waals surface area (Å²) in [5.41, 5.74) is 0.499. The minimum Gasteiger partial charge on any atom is -0.366 e. The normalized spacial score (nSPS) is 26.8. The average Bonchev–Trinajstić information content (AvgIpc) is 3.51. The lowest BCUT2D eigenvalue weighted by atomic mass is 10.0. The topological polar surface area (TPSA) is 47.1 Å². The third-order valence-corrected chi connectivity index (χ3v) is 6.95. The number of likely N-dealkylation sites (tertiary alicyclic amines) is 2. The van der Waals surface area contributed by atoms with Crippen molar-refractivity contribution in [3.63, 3.8) is 0 Å². The molecular weight excluding hydrogens is 409 g/mol. The van der Waals surface area contributed by atoms with E-state index in [-0.39, 0.29) is 29.6 Å². The van der Waals surface area contributed by atoms with Gasteiger partial charge in [-0.1, -0.05) is 12.1 Å². The van der Waals surface area contributed by atoms with Gasteiger partial charge in [0.1, 0.15) is 5.82 Å². The second-order valence-electron chi connectivity index (χ2n) is 9.18. The molecule has 2 amide bonds. The van der Waals surface area contributed by atoms with Crippen molar-refractivity contribution in [3.05, 3.63) is 30.1 Å². The third kappa shape index (κ3) is 4.00. The highest BCUT2D eigenvalue weighted by Gasteiger charge is 2.54. The van der Waals surface area contributed by atoms with Gasteiger partial charge in [-0.05, 0) is 25.0 Å². The summed E-state index contributed by atoms with van der Waals surface area (Å²) < 4.78 is 42.6. The van der Waals surface area contributed by atoms with Crippen molar-refractivity contribution in [3.8, 4) is 0 Å². The van der Waals surface area contributed by atoms with Crippen LogP contribution in [-0.2, 0) is 9.59 Å². The van der Waals surface area contributed by atoms with E-state index in [1.54, 1.807) is 32.9 Å². The van der Waals surface area contributed by atoms with E-state index in [1.807, 2.05) is 4.90 Å². The summed E-state index contributed by atoms with van der Waals surface area (Å²) in [4.78, 5) is 32.2. The minimum absolute atomic E-state index is 0.115. The van der Waals surface area contributed by atoms with Crippen molar-refractivity contribution in [2.45, 2.75) is 37.3 Å². The number of piperazine rings is 1. The molecule has 1 aromatic rings. The van der Waals surface area contributed by atoms with Gasteiger partial charge in [-0.25, -0.2) is 13.2 Å². The first-order chi connectivity index (χ1) is 14.8. The van der Waals surface area contributed by atoms with Gasteiger partial charge in [0, 0.05) is 57.6 Å². The number of nitrogens with zero attached hydrogens (tertiary/aromatic N) is 4. The van der Waals surface area contributed by atoms with Crippen LogP contribution in [0.5, 0.6) is 0 Å². The van der Waals surface area contributed by atoms with Crippen LogP contribution >= 0.6 is 0 Å². The van der Waals surface area contributed by atoms with E-state index in [9.17, 15) is 22.8 Å². The molecule has 1 aliphatic carbocycles. The highest BCUT2D eigenvalue weighted by molar-refractivity contribution is 5.83. The van der Waals surface area contributed by atoms with Gasteiger partial charge < -0.3 is 14.7 Å². The molecule has 3 saturated heterocycles. The first kappa shape index (κ1) is 20.6. The molecule has 3 heterocycles. The first-order valence-corrected chi connectivity index (χ1v) is 11.0. The largest absolute Gasteiger partial charge is 0.366 e. The second kappa shape index (κ2) is 7.69. The summed E-state index contributed by atoms with van der Waals surface area (Å²) in [5, 5.41) is 0. The fourth-order valence-electron chi connectivity index (χ4n) is 4.97. The number of rotatable bonds is 4. The van der Waals surface area contributed by atoms with Crippen molar-refractivity contribution in [1.29, 1.82) is 0 Å². The van der Waals surface area contributed by atoms with Crippen LogP contribution in [0.15, 0.2) is 24.3 Å². The SMILES string of the molecule is O=C(C1CC1)N1CC(N2CC(F)(F)C[C@H]2C(=O)N2CCN(c3ccccc3F)CC2)C1. The summed E-state index contributed by atoms with van der Waals surface area (Å²) >= 11 is 0. The maximum absolute atomic E-state index is 14.3. The van der Waals surface area contributed by atoms with Gasteiger partial charge in [0.05, 0.1) is 18.3 Å². The molecule has 5 rings (SSSR count). The lowest BCUT2D eigenvalue weighted by Gasteiger charge is -2.46. The number of para-hydroxylation sites is 1. The van der Waals surface area contributed by atoms with Crippen LogP contribution in [0, 0.1) is 11.7 Å². The first-order valence-electron chi connectivity index (χ1n) is 11.0. The molecule has 0 N–H and O–H groups in total. The molecule has 1 aromatic carbocycles. The monoisotopic (exact) mass is 436 g/mol. The zero-order valence-electron chi connectivity index (χ0n) is 17.4. The number of benzene rings is 1. The van der Waals surface area contributed by atoms with Crippen molar-refractivity contribution in [2.75, 3.05) is 50.7 Å². The molecule has 0 spiro atoms. The standard InChI is InChI=1S/C22H27F3N4O2/c23-17-3-1-2-4-18(17)26-7-9-27(10-8-26)21(31)19-11-22(24,25)14-29(19)16-12-28(13-16)20(30)15-5-6-15/h1-4,15-16,19H,5-14H2/t19-/m0/s1. The predicted molar refractivity (Wildman–Crippen MR) is 108 cm³/mol. The number of hydrogen-bond acceptors (Lipinski definition) is 4. The van der Waals surface area contributed by atoms with E-state index in [1.165, 1.54) is 6.07 Å². The average molecular weight is 436 g/mol. The maximum Gasteiger partial charge on any atom is 0.262 e. The number of anilines is 1. The minimum atomic E-state index is -2.91. The zero-order chi connectivity index (χ0) is 21.8. The molecule has 0 radical (unpaired) electrons. The Kier molecular flexibility index (Phi) is 5.11. The lowest BCUT2D eigenvalue weighted by Crippen LogP contribution is -2.64. The maximum atomic E-state index is 14.3. The number of carbonyl (C=O) groups is 2. The lowest BCUT2D eigenvalue weighted by molar-refractivity contribution is -0.144. The van der Waals surface area contributed by atoms with Gasteiger partial charge in [-0.15, -0.1) is 0 Å². The van der Waals surface area contributed by atoms with Crippen LogP contribution in [0.4, 0.5) is 18.9 Å². The van der Waals surface area contributed by atoms with Gasteiger partial charge in [-0.3, -0.25) is 14.5 Å². The summed E-state index contributed by atoms with van der Waals surface area (Å²) in [6.07, 6.45) is 1.36. The second-order valence-corrected chi connectivity index (χ2v) is 9.18. The molecule has 168 valence electrons. The molecule has 4 aliphatic rings. The number of amides is 2. The van der Waals surface area contributed by atoms with Crippen LogP contribution in [0.1, 0.15) is 19.3 Å². The Labute approximate surface area is 179 Å². The fourth-order valence-corrected chi connectivity index (χ4v) is 4.97. The summed E-state index contributed by atoms with van der Waals surface area (Å²) in [6, 6.07) is 5.46. The van der Waals surface area contributed by atoms with Gasteiger partial charge in [0.15, 0.2) is 0 Å². The Bertz CT molecular complexity index is 864. The molecule has 0 aromatic heterocycles. The molecule has 9 heteroatoms. The molecule has 6 nitrogen and oxygen atoms in total. The van der Waals surface area contributed by atoms with E-state index in [0.717, 1.165) is 12.8 Å². The summed E-state index contributed by atoms with van der Waals surface area (Å²) in [6.45, 7) is 2.09. The molecule has 0 unspecified atom stereocenters. The summed E-state index contributed by atoms with van der Waals surface area (Å²) in [7, 11) is 0. The predicted octanol–water partition coefficient (Wildman–Crippen LogP) is 1.80. The van der Waals surface area contributed by atoms with E-state index >= 15 is 0 Å². The zero-order valence-corrected chi connectivity index (χ0v) is 17.4. The van der Waals surface area contributed by atoms with Crippen molar-refractivity contribution in [2.24, 2.45) is 5.92 Å². The van der Waals surface area contributed by atoms with Crippen LogP contribution in [0.2, 0.25) is 0 Å². The number of halogens is 3. The molecule has 1 atom stereocenters. The molecule has 1 saturated carbocycles. The van der Waals surface area contributed by atoms with E-state index < -0.39 is 24.9 Å². The van der Waals surface area contributed by atoms with Gasteiger partial charge in [0.2, 0.25) is 11.8 Å². The Morgan fingerprint density at radius 1 is 0.935 bits per heavy atom. The molecule has 31 heavy (non-hydrogen) atoms. The molecule has 0 bridgehead atoms. The highest BCUT2D eigenvalue weighted by atomic mass is 19.3. The van der Waals surface area contributed by atoms with Gasteiger partial charge in [-0.2, -0.15) is 0 Å². The van der Waals surface area contributed by atoms with E-state index in [2.05, 4.69) is 0 Å². The molecule has 4 fully saturated rings. The molecule has 3 aliphatic heterocycles. The number of carbonyl (C=O) groups excluding carboxylic acids is 2. The smallest absolute Gasteiger partial charge is 0.262 e. The van der Waals surface area contributed by atoms with E-state index in [0.29, 0.717) is 45.0 Å².